The smallest absolute Gasteiger partial charge is 0.374 e. The highest BCUT2D eigenvalue weighted by atomic mass is 32.2. The third-order valence-corrected chi connectivity index (χ3v) is 5.16. The summed E-state index contributed by atoms with van der Waals surface area (Å²) < 4.78 is 33.6. The number of carbonyl (C=O) groups excluding carboxylic acids is 3. The molecule has 0 spiro atoms. The van der Waals surface area contributed by atoms with Crippen molar-refractivity contribution in [2.45, 2.75) is 18.9 Å². The number of primary sulfonamides is 1. The fraction of sp³-hybridized carbons (Fsp3) is 0.150. The first-order chi connectivity index (χ1) is 14.6. The van der Waals surface area contributed by atoms with Crippen molar-refractivity contribution < 1.29 is 32.0 Å². The van der Waals surface area contributed by atoms with Gasteiger partial charge in [-0.1, -0.05) is 18.2 Å². The molecule has 3 rings (SSSR count). The Hall–Kier alpha value is -3.70. The molecule has 0 aliphatic heterocycles. The second-order valence-corrected chi connectivity index (χ2v) is 8.08. The van der Waals surface area contributed by atoms with E-state index in [0.29, 0.717) is 17.0 Å². The molecule has 2 heterocycles. The lowest BCUT2D eigenvalue weighted by Gasteiger charge is -2.11. The van der Waals surface area contributed by atoms with Crippen LogP contribution in [-0.2, 0) is 14.8 Å². The molecule has 3 N–H and O–H groups in total. The first kappa shape index (κ1) is 22.0. The molecular formula is C20H19N3O7S. The average molecular weight is 445 g/mol. The van der Waals surface area contributed by atoms with E-state index >= 15 is 0 Å². The lowest BCUT2D eigenvalue weighted by molar-refractivity contribution is 0.0438. The molecule has 0 fully saturated rings. The van der Waals surface area contributed by atoms with Gasteiger partial charge in [-0.25, -0.2) is 18.4 Å². The van der Waals surface area contributed by atoms with Crippen molar-refractivity contribution in [3.8, 4) is 0 Å². The summed E-state index contributed by atoms with van der Waals surface area (Å²) in [5, 5.41) is 4.32. The Bertz CT molecular complexity index is 1260. The number of ether oxygens (including phenoxy) is 1. The number of esters is 1. The van der Waals surface area contributed by atoms with Gasteiger partial charge in [0.1, 0.15) is 0 Å². The largest absolute Gasteiger partial charge is 0.451 e. The van der Waals surface area contributed by atoms with Crippen LogP contribution in [0.15, 0.2) is 58.0 Å². The first-order valence-corrected chi connectivity index (χ1v) is 10.5. The second kappa shape index (κ2) is 8.58. The lowest BCUT2D eigenvalue weighted by atomic mass is 10.1. The molecule has 0 atom stereocenters. The maximum Gasteiger partial charge on any atom is 0.374 e. The predicted octanol–water partition coefficient (Wildman–Crippen LogP) is 1.77. The normalized spacial score (nSPS) is 11.2. The lowest BCUT2D eigenvalue weighted by Crippen LogP contribution is -2.25. The molecule has 0 radical (unpaired) electrons. The van der Waals surface area contributed by atoms with Gasteiger partial charge >= 0.3 is 5.97 Å². The molecule has 0 aliphatic carbocycles. The number of amides is 1. The summed E-state index contributed by atoms with van der Waals surface area (Å²) in [5.41, 5.74) is 4.47. The summed E-state index contributed by atoms with van der Waals surface area (Å²) in [4.78, 5) is 36.9. The van der Waals surface area contributed by atoms with Crippen molar-refractivity contribution in [2.75, 3.05) is 12.0 Å². The highest BCUT2D eigenvalue weighted by Gasteiger charge is 2.22. The molecule has 11 heteroatoms. The molecule has 0 saturated carbocycles. The summed E-state index contributed by atoms with van der Waals surface area (Å²) in [5.74, 6) is -2.29. The Labute approximate surface area is 177 Å². The van der Waals surface area contributed by atoms with Crippen molar-refractivity contribution >= 4 is 27.7 Å². The van der Waals surface area contributed by atoms with Crippen molar-refractivity contribution in [3.05, 3.63) is 76.8 Å². The Morgan fingerprint density at radius 3 is 2.39 bits per heavy atom. The van der Waals surface area contributed by atoms with Crippen molar-refractivity contribution in [2.24, 2.45) is 5.14 Å². The number of hydrogen-bond donors (Lipinski definition) is 2. The Morgan fingerprint density at radius 1 is 1.10 bits per heavy atom. The molecule has 2 aromatic heterocycles. The van der Waals surface area contributed by atoms with Gasteiger partial charge in [0.2, 0.25) is 16.6 Å². The monoisotopic (exact) mass is 445 g/mol. The van der Waals surface area contributed by atoms with Crippen LogP contribution in [0, 0.1) is 13.8 Å². The average Bonchev–Trinajstić information content (AvgIpc) is 3.33. The molecule has 0 saturated heterocycles. The molecule has 162 valence electrons. The van der Waals surface area contributed by atoms with Gasteiger partial charge in [-0.05, 0) is 44.2 Å². The minimum atomic E-state index is -4.11. The number of rotatable bonds is 7. The van der Waals surface area contributed by atoms with E-state index in [1.807, 2.05) is 0 Å². The van der Waals surface area contributed by atoms with Crippen LogP contribution in [0.1, 0.15) is 42.7 Å². The number of carbonyl (C=O) groups is 3. The van der Waals surface area contributed by atoms with Gasteiger partial charge in [-0.3, -0.25) is 19.7 Å². The highest BCUT2D eigenvalue weighted by molar-refractivity contribution is 7.89. The highest BCUT2D eigenvalue weighted by Crippen LogP contribution is 2.17. The van der Waals surface area contributed by atoms with Crippen LogP contribution in [0.25, 0.3) is 0 Å². The summed E-state index contributed by atoms with van der Waals surface area (Å²) in [6.45, 7) is 2.73. The summed E-state index contributed by atoms with van der Waals surface area (Å²) >= 11 is 0. The second-order valence-electron chi connectivity index (χ2n) is 6.59. The van der Waals surface area contributed by atoms with Crippen LogP contribution in [0.2, 0.25) is 0 Å². The number of benzene rings is 1. The van der Waals surface area contributed by atoms with Gasteiger partial charge in [0.25, 0.3) is 15.9 Å². The standard InChI is InChI=1S/C20H19N3O7S/c1-12-10-15(13(2)23(12)22-19(25)14-6-4-3-5-7-14)16(24)11-29-20(26)17-8-9-18(30-17)31(21,27)28/h3-10H,11H2,1-2H3,(H,22,25)(H2,21,27,28). The number of aryl methyl sites for hydroxylation is 1. The zero-order valence-corrected chi connectivity index (χ0v) is 17.4. The van der Waals surface area contributed by atoms with Crippen LogP contribution in [-0.4, -0.2) is 37.4 Å². The van der Waals surface area contributed by atoms with Crippen LogP contribution in [0.5, 0.6) is 0 Å². The maximum absolute atomic E-state index is 12.5. The van der Waals surface area contributed by atoms with Gasteiger partial charge < -0.3 is 9.15 Å². The fourth-order valence-corrected chi connectivity index (χ4v) is 3.30. The maximum atomic E-state index is 12.5. The number of hydrogen-bond acceptors (Lipinski definition) is 7. The zero-order valence-electron chi connectivity index (χ0n) is 16.6. The molecule has 0 bridgehead atoms. The van der Waals surface area contributed by atoms with Crippen molar-refractivity contribution in [1.29, 1.82) is 0 Å². The third-order valence-electron chi connectivity index (χ3n) is 4.38. The summed E-state index contributed by atoms with van der Waals surface area (Å²) in [6.07, 6.45) is 0. The minimum Gasteiger partial charge on any atom is -0.451 e. The van der Waals surface area contributed by atoms with Crippen LogP contribution >= 0.6 is 0 Å². The SMILES string of the molecule is Cc1cc(C(=O)COC(=O)c2ccc(S(N)(=O)=O)o2)c(C)n1NC(=O)c1ccccc1. The molecule has 31 heavy (non-hydrogen) atoms. The fourth-order valence-electron chi connectivity index (χ4n) is 2.84. The van der Waals surface area contributed by atoms with Gasteiger partial charge in [0.05, 0.1) is 0 Å². The third kappa shape index (κ3) is 4.90. The number of nitrogens with zero attached hydrogens (tertiary/aromatic N) is 1. The van der Waals surface area contributed by atoms with E-state index < -0.39 is 39.2 Å². The number of furan rings is 1. The number of nitrogens with one attached hydrogen (secondary N) is 1. The molecule has 0 aliphatic rings. The van der Waals surface area contributed by atoms with Gasteiger partial charge in [-0.15, -0.1) is 0 Å². The van der Waals surface area contributed by atoms with Crippen molar-refractivity contribution in [3.63, 3.8) is 0 Å². The topological polar surface area (TPSA) is 151 Å². The van der Waals surface area contributed by atoms with Crippen LogP contribution in [0.4, 0.5) is 0 Å². The molecule has 1 aromatic carbocycles. The van der Waals surface area contributed by atoms with Crippen molar-refractivity contribution in [1.82, 2.24) is 4.68 Å². The number of ketones is 1. The minimum absolute atomic E-state index is 0.253. The van der Waals surface area contributed by atoms with E-state index in [4.69, 9.17) is 14.3 Å². The van der Waals surface area contributed by atoms with E-state index in [1.54, 1.807) is 50.2 Å². The van der Waals surface area contributed by atoms with Gasteiger partial charge in [0, 0.05) is 22.5 Å². The number of nitrogens with two attached hydrogens (primary N) is 1. The quantitative estimate of drug-likeness (QED) is 0.415. The van der Waals surface area contributed by atoms with E-state index in [0.717, 1.165) is 12.1 Å². The van der Waals surface area contributed by atoms with Crippen LogP contribution < -0.4 is 10.6 Å². The predicted molar refractivity (Wildman–Crippen MR) is 109 cm³/mol. The van der Waals surface area contributed by atoms with E-state index in [-0.39, 0.29) is 11.5 Å². The molecule has 0 unspecified atom stereocenters. The molecule has 1 amide bonds. The Kier molecular flexibility index (Phi) is 6.09. The molecule has 3 aromatic rings. The number of Topliss-reactive ketones (excluding diaryl/α,β-unsaturated/α-hetero) is 1. The van der Waals surface area contributed by atoms with Gasteiger partial charge in [0.15, 0.2) is 6.61 Å². The van der Waals surface area contributed by atoms with Gasteiger partial charge in [-0.2, -0.15) is 0 Å². The van der Waals surface area contributed by atoms with E-state index in [1.165, 1.54) is 4.68 Å². The zero-order chi connectivity index (χ0) is 22.8. The Balaban J connectivity index is 1.68. The van der Waals surface area contributed by atoms with E-state index in [2.05, 4.69) is 5.43 Å². The number of aromatic nitrogens is 1. The number of sulfonamides is 1. The summed E-state index contributed by atoms with van der Waals surface area (Å²) in [7, 11) is -4.11. The van der Waals surface area contributed by atoms with E-state index in [9.17, 15) is 22.8 Å². The molecule has 10 nitrogen and oxygen atoms in total. The van der Waals surface area contributed by atoms with Crippen LogP contribution in [0.3, 0.4) is 0 Å². The Morgan fingerprint density at radius 2 is 1.77 bits per heavy atom. The molecular weight excluding hydrogens is 426 g/mol. The summed E-state index contributed by atoms with van der Waals surface area (Å²) in [6, 6.07) is 12.2. The first-order valence-electron chi connectivity index (χ1n) is 8.96.